The van der Waals surface area contributed by atoms with Crippen molar-refractivity contribution in [1.82, 2.24) is 15.1 Å². The van der Waals surface area contributed by atoms with E-state index in [2.05, 4.69) is 15.1 Å². The van der Waals surface area contributed by atoms with Gasteiger partial charge >= 0.3 is 0 Å². The van der Waals surface area contributed by atoms with Crippen molar-refractivity contribution in [2.45, 2.75) is 12.8 Å². The Bertz CT molecular complexity index is 702. The number of rotatable bonds is 4. The van der Waals surface area contributed by atoms with E-state index in [-0.39, 0.29) is 5.78 Å². The van der Waals surface area contributed by atoms with Gasteiger partial charge in [0.1, 0.15) is 0 Å². The fourth-order valence-corrected chi connectivity index (χ4v) is 1.95. The summed E-state index contributed by atoms with van der Waals surface area (Å²) in [6.07, 6.45) is 1.78. The Morgan fingerprint density at radius 1 is 1.20 bits per heavy atom. The zero-order valence-electron chi connectivity index (χ0n) is 10.9. The molecular formula is C15H13N3O2. The Kier molecular flexibility index (Phi) is 3.16. The molecule has 2 heterocycles. The molecule has 3 rings (SSSR count). The Labute approximate surface area is 115 Å². The molecule has 0 saturated heterocycles. The second kappa shape index (κ2) is 5.13. The van der Waals surface area contributed by atoms with Gasteiger partial charge in [-0.05, 0) is 19.1 Å². The van der Waals surface area contributed by atoms with Gasteiger partial charge in [-0.2, -0.15) is 4.98 Å². The Morgan fingerprint density at radius 3 is 2.70 bits per heavy atom. The SMILES string of the molecule is CC(C(=O)c1ccccc1)c1nc(-c2ccc[nH]2)no1. The fraction of sp³-hybridized carbons (Fsp3) is 0.133. The lowest BCUT2D eigenvalue weighted by Crippen LogP contribution is -2.09. The molecule has 0 bridgehead atoms. The van der Waals surface area contributed by atoms with E-state index in [1.165, 1.54) is 0 Å². The first-order valence-corrected chi connectivity index (χ1v) is 6.32. The van der Waals surface area contributed by atoms with E-state index in [4.69, 9.17) is 4.52 Å². The van der Waals surface area contributed by atoms with Crippen LogP contribution in [-0.2, 0) is 0 Å². The Balaban J connectivity index is 1.84. The van der Waals surface area contributed by atoms with E-state index >= 15 is 0 Å². The summed E-state index contributed by atoms with van der Waals surface area (Å²) in [7, 11) is 0. The van der Waals surface area contributed by atoms with Crippen LogP contribution in [0.5, 0.6) is 0 Å². The van der Waals surface area contributed by atoms with Crippen LogP contribution in [0, 0.1) is 0 Å². The molecule has 2 aromatic heterocycles. The molecule has 0 aliphatic carbocycles. The zero-order valence-corrected chi connectivity index (χ0v) is 10.9. The molecule has 20 heavy (non-hydrogen) atoms. The van der Waals surface area contributed by atoms with E-state index in [1.54, 1.807) is 25.3 Å². The lowest BCUT2D eigenvalue weighted by atomic mass is 9.99. The monoisotopic (exact) mass is 267 g/mol. The maximum Gasteiger partial charge on any atom is 0.237 e. The van der Waals surface area contributed by atoms with Crippen molar-refractivity contribution < 1.29 is 9.32 Å². The highest BCUT2D eigenvalue weighted by Crippen LogP contribution is 2.21. The Morgan fingerprint density at radius 2 is 2.00 bits per heavy atom. The minimum atomic E-state index is -0.464. The summed E-state index contributed by atoms with van der Waals surface area (Å²) in [6, 6.07) is 12.8. The van der Waals surface area contributed by atoms with Crippen molar-refractivity contribution >= 4 is 5.78 Å². The first kappa shape index (κ1) is 12.3. The molecule has 0 fully saturated rings. The maximum absolute atomic E-state index is 12.3. The van der Waals surface area contributed by atoms with Crippen LogP contribution in [-0.4, -0.2) is 20.9 Å². The molecule has 0 radical (unpaired) electrons. The van der Waals surface area contributed by atoms with Crippen LogP contribution in [0.25, 0.3) is 11.5 Å². The third-order valence-electron chi connectivity index (χ3n) is 3.10. The number of ketones is 1. The van der Waals surface area contributed by atoms with Gasteiger partial charge in [0.15, 0.2) is 5.78 Å². The summed E-state index contributed by atoms with van der Waals surface area (Å²) in [6.45, 7) is 1.77. The quantitative estimate of drug-likeness (QED) is 0.737. The smallest absolute Gasteiger partial charge is 0.237 e. The Hall–Kier alpha value is -2.69. The number of carbonyl (C=O) groups excluding carboxylic acids is 1. The van der Waals surface area contributed by atoms with E-state index in [9.17, 15) is 4.79 Å². The van der Waals surface area contributed by atoms with Gasteiger partial charge in [0.25, 0.3) is 0 Å². The van der Waals surface area contributed by atoms with Crippen LogP contribution < -0.4 is 0 Å². The van der Waals surface area contributed by atoms with Crippen LogP contribution in [0.2, 0.25) is 0 Å². The van der Waals surface area contributed by atoms with Crippen molar-refractivity contribution in [3.63, 3.8) is 0 Å². The number of Topliss-reactive ketones (excluding diaryl/α,β-unsaturated/α-hetero) is 1. The van der Waals surface area contributed by atoms with E-state index in [0.29, 0.717) is 17.3 Å². The van der Waals surface area contributed by atoms with Crippen molar-refractivity contribution in [2.75, 3.05) is 0 Å². The van der Waals surface area contributed by atoms with Crippen LogP contribution in [0.4, 0.5) is 0 Å². The number of H-pyrrole nitrogens is 1. The van der Waals surface area contributed by atoms with Gasteiger partial charge in [-0.1, -0.05) is 35.5 Å². The topological polar surface area (TPSA) is 71.8 Å². The van der Waals surface area contributed by atoms with Gasteiger partial charge in [0.2, 0.25) is 11.7 Å². The first-order valence-electron chi connectivity index (χ1n) is 6.32. The third kappa shape index (κ3) is 2.25. The van der Waals surface area contributed by atoms with E-state index in [0.717, 1.165) is 5.69 Å². The number of benzene rings is 1. The summed E-state index contributed by atoms with van der Waals surface area (Å²) in [5.41, 5.74) is 1.40. The molecular weight excluding hydrogens is 254 g/mol. The number of nitrogens with one attached hydrogen (secondary N) is 1. The average Bonchev–Trinajstić information content (AvgIpc) is 3.17. The molecule has 0 spiro atoms. The molecule has 0 aliphatic heterocycles. The fourth-order valence-electron chi connectivity index (χ4n) is 1.95. The summed E-state index contributed by atoms with van der Waals surface area (Å²) in [4.78, 5) is 19.6. The predicted octanol–water partition coefficient (Wildman–Crippen LogP) is 3.05. The van der Waals surface area contributed by atoms with Gasteiger partial charge < -0.3 is 9.51 Å². The van der Waals surface area contributed by atoms with Crippen LogP contribution in [0.15, 0.2) is 53.2 Å². The minimum absolute atomic E-state index is 0.0349. The van der Waals surface area contributed by atoms with Crippen LogP contribution >= 0.6 is 0 Å². The maximum atomic E-state index is 12.3. The molecule has 1 N–H and O–H groups in total. The predicted molar refractivity (Wildman–Crippen MR) is 73.3 cm³/mol. The number of aromatic amines is 1. The molecule has 1 atom stereocenters. The molecule has 5 heteroatoms. The van der Waals surface area contributed by atoms with Crippen LogP contribution in [0.3, 0.4) is 0 Å². The second-order valence-corrected chi connectivity index (χ2v) is 4.49. The third-order valence-corrected chi connectivity index (χ3v) is 3.10. The summed E-state index contributed by atoms with van der Waals surface area (Å²) < 4.78 is 5.19. The first-order chi connectivity index (χ1) is 9.75. The second-order valence-electron chi connectivity index (χ2n) is 4.49. The van der Waals surface area contributed by atoms with Gasteiger partial charge in [-0.25, -0.2) is 0 Å². The number of hydrogen-bond acceptors (Lipinski definition) is 4. The average molecular weight is 267 g/mol. The number of carbonyl (C=O) groups is 1. The zero-order chi connectivity index (χ0) is 13.9. The van der Waals surface area contributed by atoms with Crippen molar-refractivity contribution in [3.8, 4) is 11.5 Å². The standard InChI is InChI=1S/C15H13N3O2/c1-10(13(19)11-6-3-2-4-7-11)15-17-14(18-20-15)12-8-5-9-16-12/h2-10,16H,1H3. The molecule has 1 aromatic carbocycles. The van der Waals surface area contributed by atoms with Crippen LogP contribution in [0.1, 0.15) is 29.1 Å². The molecule has 5 nitrogen and oxygen atoms in total. The van der Waals surface area contributed by atoms with Gasteiger partial charge in [0.05, 0.1) is 11.6 Å². The van der Waals surface area contributed by atoms with E-state index < -0.39 is 5.92 Å². The van der Waals surface area contributed by atoms with Gasteiger partial charge in [-0.15, -0.1) is 0 Å². The number of aromatic nitrogens is 3. The van der Waals surface area contributed by atoms with Crippen molar-refractivity contribution in [2.24, 2.45) is 0 Å². The number of nitrogens with zero attached hydrogens (tertiary/aromatic N) is 2. The molecule has 0 aliphatic rings. The molecule has 0 amide bonds. The highest BCUT2D eigenvalue weighted by molar-refractivity contribution is 6.00. The molecule has 0 saturated carbocycles. The summed E-state index contributed by atoms with van der Waals surface area (Å²) in [5, 5.41) is 3.89. The highest BCUT2D eigenvalue weighted by Gasteiger charge is 2.23. The lowest BCUT2D eigenvalue weighted by molar-refractivity contribution is 0.0951. The van der Waals surface area contributed by atoms with Gasteiger partial charge in [-0.3, -0.25) is 4.79 Å². The normalized spacial score (nSPS) is 12.2. The lowest BCUT2D eigenvalue weighted by Gasteiger charge is -2.04. The van der Waals surface area contributed by atoms with Crippen molar-refractivity contribution in [1.29, 1.82) is 0 Å². The summed E-state index contributed by atoms with van der Waals surface area (Å²) in [5.74, 6) is 0.280. The molecule has 3 aromatic rings. The van der Waals surface area contributed by atoms with Crippen molar-refractivity contribution in [3.05, 3.63) is 60.1 Å². The minimum Gasteiger partial charge on any atom is -0.359 e. The molecule has 1 unspecified atom stereocenters. The number of hydrogen-bond donors (Lipinski definition) is 1. The van der Waals surface area contributed by atoms with Gasteiger partial charge in [0, 0.05) is 11.8 Å². The largest absolute Gasteiger partial charge is 0.359 e. The van der Waals surface area contributed by atoms with E-state index in [1.807, 2.05) is 30.3 Å². The summed E-state index contributed by atoms with van der Waals surface area (Å²) >= 11 is 0. The highest BCUT2D eigenvalue weighted by atomic mass is 16.5. The molecule has 100 valence electrons.